The normalized spacial score (nSPS) is 26.3. The Morgan fingerprint density at radius 1 is 1.32 bits per heavy atom. The summed E-state index contributed by atoms with van der Waals surface area (Å²) in [6, 6.07) is 0. The first-order valence-corrected chi connectivity index (χ1v) is 7.27. The maximum absolute atomic E-state index is 9.79. The molecular weight excluding hydrogens is 242 g/mol. The van der Waals surface area contributed by atoms with E-state index in [9.17, 15) is 5.11 Å². The van der Waals surface area contributed by atoms with Crippen LogP contribution in [0.5, 0.6) is 0 Å². The molecule has 19 heavy (non-hydrogen) atoms. The van der Waals surface area contributed by atoms with Crippen molar-refractivity contribution < 1.29 is 14.6 Å². The van der Waals surface area contributed by atoms with Crippen LogP contribution in [0.15, 0.2) is 12.2 Å². The Morgan fingerprint density at radius 2 is 2.05 bits per heavy atom. The van der Waals surface area contributed by atoms with E-state index in [2.05, 4.69) is 24.4 Å². The summed E-state index contributed by atoms with van der Waals surface area (Å²) in [5.41, 5.74) is 0. The molecule has 0 saturated heterocycles. The van der Waals surface area contributed by atoms with Gasteiger partial charge in [-0.3, -0.25) is 0 Å². The standard InChI is InChI=1S/C15H29NO3/c1-12-6-4-5-7-14(12)10-19-11-15(17)9-16-8-13(2)18-3/h4-5,12-17H,6-11H2,1-3H3. The number of hydrogen-bond acceptors (Lipinski definition) is 4. The third-order valence-electron chi connectivity index (χ3n) is 3.77. The number of allylic oxidation sites excluding steroid dienone is 2. The van der Waals surface area contributed by atoms with Crippen LogP contribution < -0.4 is 5.32 Å². The highest BCUT2D eigenvalue weighted by Crippen LogP contribution is 2.24. The van der Waals surface area contributed by atoms with E-state index in [4.69, 9.17) is 9.47 Å². The highest BCUT2D eigenvalue weighted by molar-refractivity contribution is 4.93. The second-order valence-corrected chi connectivity index (χ2v) is 5.58. The number of ether oxygens (including phenoxy) is 2. The Morgan fingerprint density at radius 3 is 2.74 bits per heavy atom. The van der Waals surface area contributed by atoms with Crippen molar-refractivity contribution in [2.24, 2.45) is 11.8 Å². The van der Waals surface area contributed by atoms with Gasteiger partial charge in [0.05, 0.1) is 25.4 Å². The smallest absolute Gasteiger partial charge is 0.0897 e. The molecule has 112 valence electrons. The predicted molar refractivity (Wildman–Crippen MR) is 77.2 cm³/mol. The lowest BCUT2D eigenvalue weighted by atomic mass is 9.85. The van der Waals surface area contributed by atoms with E-state index in [0.717, 1.165) is 26.0 Å². The number of aliphatic hydroxyl groups excluding tert-OH is 1. The van der Waals surface area contributed by atoms with Crippen LogP contribution in [0.2, 0.25) is 0 Å². The van der Waals surface area contributed by atoms with Gasteiger partial charge in [0, 0.05) is 20.2 Å². The molecule has 0 bridgehead atoms. The second-order valence-electron chi connectivity index (χ2n) is 5.58. The summed E-state index contributed by atoms with van der Waals surface area (Å²) >= 11 is 0. The Bertz CT molecular complexity index is 258. The molecule has 1 aliphatic rings. The Hall–Kier alpha value is -0.420. The van der Waals surface area contributed by atoms with Gasteiger partial charge in [-0.2, -0.15) is 0 Å². The predicted octanol–water partition coefficient (Wildman–Crippen LogP) is 1.59. The fourth-order valence-corrected chi connectivity index (χ4v) is 2.19. The van der Waals surface area contributed by atoms with Gasteiger partial charge in [-0.05, 0) is 31.6 Å². The third-order valence-corrected chi connectivity index (χ3v) is 3.77. The van der Waals surface area contributed by atoms with Crippen molar-refractivity contribution in [2.45, 2.75) is 38.9 Å². The van der Waals surface area contributed by atoms with Crippen molar-refractivity contribution >= 4 is 0 Å². The van der Waals surface area contributed by atoms with E-state index in [-0.39, 0.29) is 6.10 Å². The van der Waals surface area contributed by atoms with Crippen LogP contribution in [-0.4, -0.2) is 50.7 Å². The summed E-state index contributed by atoms with van der Waals surface area (Å²) < 4.78 is 10.8. The van der Waals surface area contributed by atoms with Gasteiger partial charge in [0.2, 0.25) is 0 Å². The van der Waals surface area contributed by atoms with Crippen molar-refractivity contribution in [2.75, 3.05) is 33.4 Å². The molecule has 4 atom stereocenters. The van der Waals surface area contributed by atoms with Crippen molar-refractivity contribution in [1.29, 1.82) is 0 Å². The lowest BCUT2D eigenvalue weighted by molar-refractivity contribution is 0.0114. The molecule has 0 aromatic carbocycles. The van der Waals surface area contributed by atoms with E-state index in [0.29, 0.717) is 25.0 Å². The molecule has 0 radical (unpaired) electrons. The number of hydrogen-bond donors (Lipinski definition) is 2. The lowest BCUT2D eigenvalue weighted by Crippen LogP contribution is -2.35. The molecule has 4 nitrogen and oxygen atoms in total. The number of rotatable bonds is 9. The van der Waals surface area contributed by atoms with Crippen LogP contribution in [0.3, 0.4) is 0 Å². The monoisotopic (exact) mass is 271 g/mol. The van der Waals surface area contributed by atoms with Gasteiger partial charge < -0.3 is 19.9 Å². The Kier molecular flexibility index (Phi) is 8.30. The molecule has 4 unspecified atom stereocenters. The summed E-state index contributed by atoms with van der Waals surface area (Å²) in [7, 11) is 1.69. The molecule has 0 amide bonds. The summed E-state index contributed by atoms with van der Waals surface area (Å²) in [4.78, 5) is 0. The van der Waals surface area contributed by atoms with Crippen molar-refractivity contribution in [1.82, 2.24) is 5.32 Å². The number of methoxy groups -OCH3 is 1. The molecule has 0 aromatic rings. The quantitative estimate of drug-likeness (QED) is 0.625. The number of nitrogens with one attached hydrogen (secondary N) is 1. The first-order valence-electron chi connectivity index (χ1n) is 7.27. The third kappa shape index (κ3) is 7.06. The summed E-state index contributed by atoms with van der Waals surface area (Å²) in [6.45, 7) is 6.71. The topological polar surface area (TPSA) is 50.7 Å². The zero-order chi connectivity index (χ0) is 14.1. The van der Waals surface area contributed by atoms with Gasteiger partial charge in [0.25, 0.3) is 0 Å². The maximum Gasteiger partial charge on any atom is 0.0897 e. The second kappa shape index (κ2) is 9.48. The molecular formula is C15H29NO3. The van der Waals surface area contributed by atoms with Gasteiger partial charge in [-0.1, -0.05) is 19.1 Å². The van der Waals surface area contributed by atoms with E-state index >= 15 is 0 Å². The Labute approximate surface area is 117 Å². The Balaban J connectivity index is 2.03. The van der Waals surface area contributed by atoms with Gasteiger partial charge in [-0.25, -0.2) is 0 Å². The summed E-state index contributed by atoms with van der Waals surface area (Å²) in [5, 5.41) is 13.0. The first kappa shape index (κ1) is 16.6. The van der Waals surface area contributed by atoms with Crippen molar-refractivity contribution in [3.63, 3.8) is 0 Å². The van der Waals surface area contributed by atoms with Crippen molar-refractivity contribution in [3.8, 4) is 0 Å². The molecule has 2 N–H and O–H groups in total. The molecule has 0 saturated carbocycles. The molecule has 4 heteroatoms. The molecule has 0 aliphatic heterocycles. The fraction of sp³-hybridized carbons (Fsp3) is 0.867. The van der Waals surface area contributed by atoms with Gasteiger partial charge in [-0.15, -0.1) is 0 Å². The maximum atomic E-state index is 9.79. The van der Waals surface area contributed by atoms with Crippen LogP contribution in [-0.2, 0) is 9.47 Å². The van der Waals surface area contributed by atoms with E-state index in [1.165, 1.54) is 0 Å². The fourth-order valence-electron chi connectivity index (χ4n) is 2.19. The van der Waals surface area contributed by atoms with Crippen LogP contribution in [0.1, 0.15) is 26.7 Å². The minimum absolute atomic E-state index is 0.169. The number of aliphatic hydroxyl groups is 1. The minimum Gasteiger partial charge on any atom is -0.389 e. The highest BCUT2D eigenvalue weighted by Gasteiger charge is 2.18. The van der Waals surface area contributed by atoms with E-state index in [1.54, 1.807) is 7.11 Å². The van der Waals surface area contributed by atoms with Crippen molar-refractivity contribution in [3.05, 3.63) is 12.2 Å². The van der Waals surface area contributed by atoms with Gasteiger partial charge in [0.1, 0.15) is 0 Å². The van der Waals surface area contributed by atoms with Crippen LogP contribution in [0.4, 0.5) is 0 Å². The molecule has 1 aliphatic carbocycles. The zero-order valence-electron chi connectivity index (χ0n) is 12.5. The highest BCUT2D eigenvalue weighted by atomic mass is 16.5. The van der Waals surface area contributed by atoms with Crippen LogP contribution in [0.25, 0.3) is 0 Å². The minimum atomic E-state index is -0.446. The molecule has 0 fully saturated rings. The molecule has 0 heterocycles. The van der Waals surface area contributed by atoms with Crippen LogP contribution >= 0.6 is 0 Å². The van der Waals surface area contributed by atoms with E-state index in [1.807, 2.05) is 6.92 Å². The SMILES string of the molecule is COC(C)CNCC(O)COCC1CC=CCC1C. The van der Waals surface area contributed by atoms with Crippen LogP contribution in [0, 0.1) is 11.8 Å². The summed E-state index contributed by atoms with van der Waals surface area (Å²) in [5.74, 6) is 1.28. The van der Waals surface area contributed by atoms with E-state index < -0.39 is 6.10 Å². The average Bonchev–Trinajstić information content (AvgIpc) is 2.40. The van der Waals surface area contributed by atoms with Gasteiger partial charge in [0.15, 0.2) is 0 Å². The zero-order valence-corrected chi connectivity index (χ0v) is 12.5. The first-order chi connectivity index (χ1) is 9.13. The van der Waals surface area contributed by atoms with Gasteiger partial charge >= 0.3 is 0 Å². The molecule has 0 spiro atoms. The molecule has 1 rings (SSSR count). The lowest BCUT2D eigenvalue weighted by Gasteiger charge is -2.25. The summed E-state index contributed by atoms with van der Waals surface area (Å²) in [6.07, 6.45) is 6.45. The average molecular weight is 271 g/mol. The largest absolute Gasteiger partial charge is 0.389 e. The molecule has 0 aromatic heterocycles.